The highest BCUT2D eigenvalue weighted by Gasteiger charge is 2.31. The quantitative estimate of drug-likeness (QED) is 0.738. The van der Waals surface area contributed by atoms with E-state index in [1.165, 1.54) is 0 Å². The van der Waals surface area contributed by atoms with E-state index in [9.17, 15) is 4.79 Å². The molecule has 0 bridgehead atoms. The fourth-order valence-electron chi connectivity index (χ4n) is 3.28. The van der Waals surface area contributed by atoms with E-state index < -0.39 is 0 Å². The molecular weight excluding hydrogens is 366 g/mol. The normalized spacial score (nSPS) is 14.9. The minimum absolute atomic E-state index is 0.0133. The molecule has 0 amide bonds. The Morgan fingerprint density at radius 1 is 1.15 bits per heavy atom. The lowest BCUT2D eigenvalue weighted by molar-refractivity contribution is 0.0998. The van der Waals surface area contributed by atoms with Crippen molar-refractivity contribution in [2.45, 2.75) is 6.42 Å². The molecule has 27 heavy (non-hydrogen) atoms. The van der Waals surface area contributed by atoms with Crippen LogP contribution in [0.1, 0.15) is 22.3 Å². The maximum atomic E-state index is 12.7. The van der Waals surface area contributed by atoms with Crippen LogP contribution in [0.5, 0.6) is 11.5 Å². The summed E-state index contributed by atoms with van der Waals surface area (Å²) in [6.07, 6.45) is 0.189. The fourth-order valence-corrected chi connectivity index (χ4v) is 3.41. The Hall–Kier alpha value is -2.86. The molecule has 0 saturated heterocycles. The molecule has 6 nitrogen and oxygen atoms in total. The van der Waals surface area contributed by atoms with Crippen molar-refractivity contribution in [3.05, 3.63) is 52.5 Å². The van der Waals surface area contributed by atoms with Crippen molar-refractivity contribution in [1.29, 1.82) is 0 Å². The number of benzene rings is 2. The van der Waals surface area contributed by atoms with Crippen molar-refractivity contribution in [1.82, 2.24) is 4.90 Å². The molecule has 0 spiro atoms. The van der Waals surface area contributed by atoms with Crippen LogP contribution in [0.4, 0.5) is 5.69 Å². The van der Waals surface area contributed by atoms with Crippen LogP contribution >= 0.6 is 11.6 Å². The zero-order chi connectivity index (χ0) is 19.0. The van der Waals surface area contributed by atoms with Crippen LogP contribution < -0.4 is 9.47 Å². The van der Waals surface area contributed by atoms with E-state index in [1.54, 1.807) is 38.5 Å². The van der Waals surface area contributed by atoms with Crippen molar-refractivity contribution in [3.63, 3.8) is 0 Å². The summed E-state index contributed by atoms with van der Waals surface area (Å²) in [6.45, 7) is 1.37. The van der Waals surface area contributed by atoms with Gasteiger partial charge in [0.15, 0.2) is 17.3 Å². The molecule has 4 rings (SSSR count). The van der Waals surface area contributed by atoms with E-state index in [0.717, 1.165) is 17.1 Å². The number of carbonyl (C=O) groups is 1. The second-order valence-electron chi connectivity index (χ2n) is 6.22. The standard InChI is InChI=1S/C20H18ClN3O3/c1-26-17-9-14-15(10-18(17)27-2)23-19(24-8-7-22-20(14)24)11-16(25)12-3-5-13(21)6-4-12/h3-6,9-10H,7-8,11H2,1-2H3. The highest BCUT2D eigenvalue weighted by Crippen LogP contribution is 2.38. The minimum atomic E-state index is -0.0133. The van der Waals surface area contributed by atoms with Crippen molar-refractivity contribution >= 4 is 34.7 Å². The number of hydrogen-bond acceptors (Lipinski definition) is 6. The van der Waals surface area contributed by atoms with Crippen LogP contribution in [0.25, 0.3) is 0 Å². The second kappa shape index (κ2) is 7.04. The SMILES string of the molecule is COc1cc2c(cc1OC)C1=NCCN1C(CC(=O)c1ccc(Cl)cc1)=N2. The van der Waals surface area contributed by atoms with Crippen LogP contribution in [0.2, 0.25) is 5.02 Å². The molecule has 7 heteroatoms. The van der Waals surface area contributed by atoms with Gasteiger partial charge in [0.05, 0.1) is 32.9 Å². The number of Topliss-reactive ketones (excluding diaryl/α,β-unsaturated/α-hetero) is 1. The lowest BCUT2D eigenvalue weighted by atomic mass is 10.0. The molecule has 2 aromatic carbocycles. The molecule has 0 fully saturated rings. The maximum absolute atomic E-state index is 12.7. The third-order valence-electron chi connectivity index (χ3n) is 4.63. The lowest BCUT2D eigenvalue weighted by Gasteiger charge is -2.28. The van der Waals surface area contributed by atoms with E-state index in [1.807, 2.05) is 17.0 Å². The van der Waals surface area contributed by atoms with Crippen LogP contribution in [-0.4, -0.2) is 49.7 Å². The second-order valence-corrected chi connectivity index (χ2v) is 6.65. The number of ether oxygens (including phenoxy) is 2. The minimum Gasteiger partial charge on any atom is -0.493 e. The predicted octanol–water partition coefficient (Wildman–Crippen LogP) is 3.74. The van der Waals surface area contributed by atoms with E-state index in [-0.39, 0.29) is 12.2 Å². The summed E-state index contributed by atoms with van der Waals surface area (Å²) in [5.41, 5.74) is 2.22. The number of amidine groups is 2. The van der Waals surface area contributed by atoms with Crippen molar-refractivity contribution in [2.75, 3.05) is 27.3 Å². The van der Waals surface area contributed by atoms with Gasteiger partial charge in [0.2, 0.25) is 0 Å². The van der Waals surface area contributed by atoms with Crippen molar-refractivity contribution in [2.24, 2.45) is 9.98 Å². The van der Waals surface area contributed by atoms with Crippen molar-refractivity contribution < 1.29 is 14.3 Å². The number of carbonyl (C=O) groups excluding carboxylic acids is 1. The average molecular weight is 384 g/mol. The molecule has 138 valence electrons. The van der Waals surface area contributed by atoms with Gasteiger partial charge in [-0.2, -0.15) is 0 Å². The van der Waals surface area contributed by atoms with Gasteiger partial charge in [0, 0.05) is 28.8 Å². The molecule has 2 heterocycles. The number of hydrogen-bond donors (Lipinski definition) is 0. The van der Waals surface area contributed by atoms with Crippen LogP contribution in [0.3, 0.4) is 0 Å². The highest BCUT2D eigenvalue weighted by atomic mass is 35.5. The summed E-state index contributed by atoms with van der Waals surface area (Å²) < 4.78 is 10.8. The van der Waals surface area contributed by atoms with Gasteiger partial charge in [-0.15, -0.1) is 0 Å². The number of rotatable bonds is 5. The molecule has 0 aliphatic carbocycles. The number of fused-ring (bicyclic) bond motifs is 3. The summed E-state index contributed by atoms with van der Waals surface area (Å²) in [5.74, 6) is 2.71. The lowest BCUT2D eigenvalue weighted by Crippen LogP contribution is -2.38. The molecule has 2 aliphatic heterocycles. The Balaban J connectivity index is 1.71. The zero-order valence-electron chi connectivity index (χ0n) is 15.0. The van der Waals surface area contributed by atoms with E-state index in [2.05, 4.69) is 4.99 Å². The maximum Gasteiger partial charge on any atom is 0.170 e. The van der Waals surface area contributed by atoms with E-state index >= 15 is 0 Å². The summed E-state index contributed by atoms with van der Waals surface area (Å²) in [6, 6.07) is 10.6. The molecule has 0 aromatic heterocycles. The number of ketones is 1. The topological polar surface area (TPSA) is 63.5 Å². The molecular formula is C20H18ClN3O3. The van der Waals surface area contributed by atoms with Gasteiger partial charge in [-0.3, -0.25) is 9.79 Å². The smallest absolute Gasteiger partial charge is 0.170 e. The molecule has 0 radical (unpaired) electrons. The fraction of sp³-hybridized carbons (Fsp3) is 0.250. The van der Waals surface area contributed by atoms with Crippen molar-refractivity contribution in [3.8, 4) is 11.5 Å². The number of methoxy groups -OCH3 is 2. The summed E-state index contributed by atoms with van der Waals surface area (Å²) >= 11 is 5.91. The molecule has 2 aliphatic rings. The zero-order valence-corrected chi connectivity index (χ0v) is 15.8. The summed E-state index contributed by atoms with van der Waals surface area (Å²) in [7, 11) is 3.18. The summed E-state index contributed by atoms with van der Waals surface area (Å²) in [5, 5.41) is 0.602. The molecule has 2 aromatic rings. The van der Waals surface area contributed by atoms with Gasteiger partial charge in [0.1, 0.15) is 11.7 Å². The first kappa shape index (κ1) is 17.5. The van der Waals surface area contributed by atoms with E-state index in [0.29, 0.717) is 41.0 Å². The largest absolute Gasteiger partial charge is 0.493 e. The van der Waals surface area contributed by atoms with Crippen LogP contribution in [-0.2, 0) is 0 Å². The van der Waals surface area contributed by atoms with Gasteiger partial charge < -0.3 is 14.4 Å². The number of nitrogens with zero attached hydrogens (tertiary/aromatic N) is 3. The van der Waals surface area contributed by atoms with E-state index in [4.69, 9.17) is 26.1 Å². The third-order valence-corrected chi connectivity index (χ3v) is 4.88. The van der Waals surface area contributed by atoms with Gasteiger partial charge in [-0.25, -0.2) is 4.99 Å². The van der Waals surface area contributed by atoms with Gasteiger partial charge in [-0.05, 0) is 30.3 Å². The first-order valence-corrected chi connectivity index (χ1v) is 8.93. The Morgan fingerprint density at radius 3 is 2.56 bits per heavy atom. The first-order chi connectivity index (χ1) is 13.1. The number of halogens is 1. The molecule has 0 unspecified atom stereocenters. The van der Waals surface area contributed by atoms with Crippen LogP contribution in [0.15, 0.2) is 46.4 Å². The summed E-state index contributed by atoms with van der Waals surface area (Å²) in [4.78, 5) is 24.1. The monoisotopic (exact) mass is 383 g/mol. The van der Waals surface area contributed by atoms with Gasteiger partial charge in [0.25, 0.3) is 0 Å². The Morgan fingerprint density at radius 2 is 1.85 bits per heavy atom. The Labute approximate surface area is 162 Å². The predicted molar refractivity (Wildman–Crippen MR) is 105 cm³/mol. The van der Waals surface area contributed by atoms with Gasteiger partial charge >= 0.3 is 0 Å². The average Bonchev–Trinajstić information content (AvgIpc) is 3.18. The third kappa shape index (κ3) is 3.17. The molecule has 0 N–H and O–H groups in total. The Kier molecular flexibility index (Phi) is 4.58. The first-order valence-electron chi connectivity index (χ1n) is 8.55. The van der Waals surface area contributed by atoms with Crippen LogP contribution in [0, 0.1) is 0 Å². The molecule has 0 saturated carbocycles. The number of aliphatic imine (C=N–C) groups is 2. The molecule has 0 atom stereocenters. The Bertz CT molecular complexity index is 967. The van der Waals surface area contributed by atoms with Gasteiger partial charge in [-0.1, -0.05) is 11.6 Å². The highest BCUT2D eigenvalue weighted by molar-refractivity contribution is 6.30.